The van der Waals surface area contributed by atoms with E-state index in [4.69, 9.17) is 5.73 Å². The molecule has 0 amide bonds. The summed E-state index contributed by atoms with van der Waals surface area (Å²) in [5.74, 6) is 2.18. The minimum absolute atomic E-state index is 0.247. The Kier molecular flexibility index (Phi) is 4.17. The third-order valence-electron chi connectivity index (χ3n) is 3.54. The molecule has 1 aliphatic carbocycles. The Balaban J connectivity index is 2.12. The van der Waals surface area contributed by atoms with Crippen molar-refractivity contribution in [1.82, 2.24) is 9.97 Å². The van der Waals surface area contributed by atoms with Gasteiger partial charge in [-0.2, -0.15) is 0 Å². The van der Waals surface area contributed by atoms with Crippen LogP contribution in [-0.2, 0) is 0 Å². The number of hydrogen-bond acceptors (Lipinski definition) is 4. The average molecular weight is 248 g/mol. The molecular weight excluding hydrogens is 224 g/mol. The van der Waals surface area contributed by atoms with Crippen molar-refractivity contribution in [2.24, 2.45) is 5.73 Å². The number of hydrogen-bond donors (Lipinski definition) is 2. The molecule has 0 radical (unpaired) electrons. The molecule has 1 aromatic heterocycles. The number of nitrogens with two attached hydrogens (primary N) is 1. The van der Waals surface area contributed by atoms with Gasteiger partial charge >= 0.3 is 0 Å². The first-order valence-electron chi connectivity index (χ1n) is 6.94. The van der Waals surface area contributed by atoms with Crippen molar-refractivity contribution < 1.29 is 0 Å². The van der Waals surface area contributed by atoms with Crippen molar-refractivity contribution in [1.29, 1.82) is 0 Å². The van der Waals surface area contributed by atoms with E-state index < -0.39 is 0 Å². The highest BCUT2D eigenvalue weighted by atomic mass is 15.1. The Labute approximate surface area is 109 Å². The van der Waals surface area contributed by atoms with Crippen molar-refractivity contribution in [3.8, 4) is 0 Å². The summed E-state index contributed by atoms with van der Waals surface area (Å²) in [6.45, 7) is 6.25. The van der Waals surface area contributed by atoms with Gasteiger partial charge in [0, 0.05) is 29.8 Å². The summed E-state index contributed by atoms with van der Waals surface area (Å²) in [6, 6.07) is 2.61. The molecule has 3 N–H and O–H groups in total. The van der Waals surface area contributed by atoms with E-state index in [9.17, 15) is 0 Å². The first kappa shape index (κ1) is 13.3. The van der Waals surface area contributed by atoms with E-state index in [1.54, 1.807) is 0 Å². The summed E-state index contributed by atoms with van der Waals surface area (Å²) in [7, 11) is 0. The van der Waals surface area contributed by atoms with E-state index >= 15 is 0 Å². The van der Waals surface area contributed by atoms with E-state index in [0.717, 1.165) is 30.2 Å². The summed E-state index contributed by atoms with van der Waals surface area (Å²) in [6.07, 6.45) is 4.76. The van der Waals surface area contributed by atoms with Crippen molar-refractivity contribution in [3.05, 3.63) is 17.6 Å². The van der Waals surface area contributed by atoms with Crippen molar-refractivity contribution in [3.63, 3.8) is 0 Å². The zero-order valence-corrected chi connectivity index (χ0v) is 11.6. The maximum absolute atomic E-state index is 6.16. The second-order valence-corrected chi connectivity index (χ2v) is 5.61. The van der Waals surface area contributed by atoms with Gasteiger partial charge in [0.15, 0.2) is 0 Å². The van der Waals surface area contributed by atoms with Crippen LogP contribution < -0.4 is 11.1 Å². The molecule has 0 spiro atoms. The highest BCUT2D eigenvalue weighted by Crippen LogP contribution is 2.21. The maximum Gasteiger partial charge on any atom is 0.133 e. The molecule has 0 aliphatic heterocycles. The molecule has 1 aliphatic rings. The highest BCUT2D eigenvalue weighted by Gasteiger charge is 2.22. The summed E-state index contributed by atoms with van der Waals surface area (Å²) in [5.41, 5.74) is 7.17. The Bertz CT molecular complexity index is 403. The zero-order chi connectivity index (χ0) is 13.1. The predicted octanol–water partition coefficient (Wildman–Crippen LogP) is 2.59. The van der Waals surface area contributed by atoms with Gasteiger partial charge < -0.3 is 11.1 Å². The van der Waals surface area contributed by atoms with Crippen LogP contribution in [0.25, 0.3) is 0 Å². The Morgan fingerprint density at radius 2 is 2.00 bits per heavy atom. The number of nitrogens with one attached hydrogen (secondary N) is 1. The fraction of sp³-hybridized carbons (Fsp3) is 0.714. The smallest absolute Gasteiger partial charge is 0.133 e. The normalized spacial score (nSPS) is 24.3. The Morgan fingerprint density at radius 1 is 1.28 bits per heavy atom. The molecule has 1 heterocycles. The van der Waals surface area contributed by atoms with Crippen LogP contribution in [0.1, 0.15) is 57.0 Å². The molecular formula is C14H24N4. The fourth-order valence-corrected chi connectivity index (χ4v) is 2.45. The molecule has 0 saturated heterocycles. The number of nitrogens with zero attached hydrogens (tertiary/aromatic N) is 2. The standard InChI is InChI=1S/C14H24N4/c1-9(2)14-16-10(3)8-13(18-14)17-12-7-5-4-6-11(12)15/h8-9,11-12H,4-7,15H2,1-3H3,(H,16,17,18)/t11-,12-/m1/s1. The number of anilines is 1. The number of rotatable bonds is 3. The van der Waals surface area contributed by atoms with Gasteiger partial charge in [-0.15, -0.1) is 0 Å². The SMILES string of the molecule is Cc1cc(N[C@@H]2CCCC[C@H]2N)nc(C(C)C)n1. The fourth-order valence-electron chi connectivity index (χ4n) is 2.45. The summed E-state index contributed by atoms with van der Waals surface area (Å²) in [4.78, 5) is 9.05. The molecule has 1 aromatic rings. The molecule has 1 fully saturated rings. The number of aryl methyl sites for hydroxylation is 1. The van der Waals surface area contributed by atoms with Crippen LogP contribution in [0.5, 0.6) is 0 Å². The lowest BCUT2D eigenvalue weighted by Gasteiger charge is -2.29. The van der Waals surface area contributed by atoms with Crippen LogP contribution >= 0.6 is 0 Å². The van der Waals surface area contributed by atoms with Crippen LogP contribution in [0.2, 0.25) is 0 Å². The summed E-state index contributed by atoms with van der Waals surface area (Å²) < 4.78 is 0. The highest BCUT2D eigenvalue weighted by molar-refractivity contribution is 5.38. The lowest BCUT2D eigenvalue weighted by atomic mass is 9.91. The maximum atomic E-state index is 6.16. The first-order chi connectivity index (χ1) is 8.56. The molecule has 4 heteroatoms. The largest absolute Gasteiger partial charge is 0.366 e. The minimum atomic E-state index is 0.247. The van der Waals surface area contributed by atoms with E-state index in [0.29, 0.717) is 12.0 Å². The Morgan fingerprint density at radius 3 is 2.67 bits per heavy atom. The second kappa shape index (κ2) is 5.65. The molecule has 0 unspecified atom stereocenters. The third kappa shape index (κ3) is 3.19. The van der Waals surface area contributed by atoms with Crippen molar-refractivity contribution in [2.75, 3.05) is 5.32 Å². The zero-order valence-electron chi connectivity index (χ0n) is 11.6. The second-order valence-electron chi connectivity index (χ2n) is 5.61. The number of aromatic nitrogens is 2. The predicted molar refractivity (Wildman–Crippen MR) is 74.7 cm³/mol. The van der Waals surface area contributed by atoms with Crippen molar-refractivity contribution in [2.45, 2.75) is 64.5 Å². The van der Waals surface area contributed by atoms with Gasteiger partial charge in [0.1, 0.15) is 11.6 Å². The average Bonchev–Trinajstić information content (AvgIpc) is 2.31. The van der Waals surface area contributed by atoms with Crippen LogP contribution in [-0.4, -0.2) is 22.1 Å². The lowest BCUT2D eigenvalue weighted by Crippen LogP contribution is -2.42. The molecule has 1 saturated carbocycles. The third-order valence-corrected chi connectivity index (χ3v) is 3.54. The summed E-state index contributed by atoms with van der Waals surface area (Å²) >= 11 is 0. The van der Waals surface area contributed by atoms with Crippen LogP contribution in [0, 0.1) is 6.92 Å². The van der Waals surface area contributed by atoms with E-state index in [2.05, 4.69) is 29.1 Å². The monoisotopic (exact) mass is 248 g/mol. The molecule has 2 atom stereocenters. The van der Waals surface area contributed by atoms with Gasteiger partial charge in [-0.1, -0.05) is 26.7 Å². The molecule has 18 heavy (non-hydrogen) atoms. The molecule has 0 aromatic carbocycles. The molecule has 0 bridgehead atoms. The van der Waals surface area contributed by atoms with E-state index in [-0.39, 0.29) is 6.04 Å². The minimum Gasteiger partial charge on any atom is -0.366 e. The first-order valence-corrected chi connectivity index (χ1v) is 6.94. The molecule has 2 rings (SSSR count). The van der Waals surface area contributed by atoms with Gasteiger partial charge in [0.05, 0.1) is 0 Å². The van der Waals surface area contributed by atoms with Gasteiger partial charge in [0.25, 0.3) is 0 Å². The van der Waals surface area contributed by atoms with Crippen LogP contribution in [0.3, 0.4) is 0 Å². The van der Waals surface area contributed by atoms with Gasteiger partial charge in [-0.25, -0.2) is 9.97 Å². The summed E-state index contributed by atoms with van der Waals surface area (Å²) in [5, 5.41) is 3.49. The van der Waals surface area contributed by atoms with Gasteiger partial charge in [0.2, 0.25) is 0 Å². The Hall–Kier alpha value is -1.16. The molecule has 4 nitrogen and oxygen atoms in total. The van der Waals surface area contributed by atoms with Crippen LogP contribution in [0.15, 0.2) is 6.07 Å². The van der Waals surface area contributed by atoms with Crippen LogP contribution in [0.4, 0.5) is 5.82 Å². The quantitative estimate of drug-likeness (QED) is 0.863. The van der Waals surface area contributed by atoms with Gasteiger partial charge in [-0.3, -0.25) is 0 Å². The van der Waals surface area contributed by atoms with Gasteiger partial charge in [-0.05, 0) is 19.8 Å². The lowest BCUT2D eigenvalue weighted by molar-refractivity contribution is 0.403. The van der Waals surface area contributed by atoms with Crippen molar-refractivity contribution >= 4 is 5.82 Å². The topological polar surface area (TPSA) is 63.8 Å². The van der Waals surface area contributed by atoms with E-state index in [1.807, 2.05) is 13.0 Å². The molecule has 100 valence electrons. The van der Waals surface area contributed by atoms with E-state index in [1.165, 1.54) is 12.8 Å².